The van der Waals surface area contributed by atoms with E-state index >= 15 is 0 Å². The van der Waals surface area contributed by atoms with Crippen molar-refractivity contribution in [2.75, 3.05) is 52.3 Å². The van der Waals surface area contributed by atoms with Gasteiger partial charge in [0.15, 0.2) is 17.3 Å². The Kier molecular flexibility index (Phi) is 8.95. The summed E-state index contributed by atoms with van der Waals surface area (Å²) in [5.74, 6) is 0.138. The molecular weight excluding hydrogens is 552 g/mol. The van der Waals surface area contributed by atoms with Crippen LogP contribution < -0.4 is 15.0 Å². The second kappa shape index (κ2) is 12.6. The summed E-state index contributed by atoms with van der Waals surface area (Å²) in [6.45, 7) is 3.35. The first-order valence-electron chi connectivity index (χ1n) is 13.4. The lowest BCUT2D eigenvalue weighted by Crippen LogP contribution is -2.37. The second-order valence-electron chi connectivity index (χ2n) is 9.77. The minimum atomic E-state index is -0.963. The molecule has 218 valence electrons. The number of thiol groups is 1. The number of methoxy groups -OCH3 is 1. The highest BCUT2D eigenvalue weighted by Crippen LogP contribution is 2.45. The molecule has 1 saturated heterocycles. The zero-order valence-electron chi connectivity index (χ0n) is 22.7. The number of ether oxygens (including phenoxy) is 4. The van der Waals surface area contributed by atoms with Crippen molar-refractivity contribution in [3.8, 4) is 22.8 Å². The van der Waals surface area contributed by atoms with Crippen molar-refractivity contribution in [2.45, 2.75) is 26.2 Å². The Morgan fingerprint density at radius 2 is 1.66 bits per heavy atom. The third kappa shape index (κ3) is 5.57. The molecule has 0 atom stereocenters. The largest absolute Gasteiger partial charge is 0.514 e. The Morgan fingerprint density at radius 1 is 0.976 bits per heavy atom. The van der Waals surface area contributed by atoms with Crippen LogP contribution in [0.2, 0.25) is 0 Å². The van der Waals surface area contributed by atoms with Crippen molar-refractivity contribution in [3.05, 3.63) is 56.9 Å². The maximum Gasteiger partial charge on any atom is 0.514 e. The number of rotatable bonds is 10. The number of pyridine rings is 1. The summed E-state index contributed by atoms with van der Waals surface area (Å²) < 4.78 is 22.8. The summed E-state index contributed by atoms with van der Waals surface area (Å²) in [7, 11) is 1.41. The molecule has 1 aliphatic carbocycles. The molecular formula is C29H32N2O9S. The van der Waals surface area contributed by atoms with Crippen LogP contribution in [0.25, 0.3) is 22.0 Å². The molecule has 41 heavy (non-hydrogen) atoms. The SMILES string of the molecule is COc1cc2c(cc1OC(=O)OCCS)C(=O)c1c-2n(CCCN2CCOCC2)c(=O)c2cc(CO)c(CO)cc12. The van der Waals surface area contributed by atoms with E-state index in [9.17, 15) is 24.6 Å². The minimum absolute atomic E-state index is 0.000652. The normalized spacial score (nSPS) is 14.7. The number of morpholine rings is 1. The van der Waals surface area contributed by atoms with Crippen LogP contribution in [0.3, 0.4) is 0 Å². The predicted octanol–water partition coefficient (Wildman–Crippen LogP) is 2.37. The number of nitrogens with zero attached hydrogens (tertiary/aromatic N) is 2. The predicted molar refractivity (Wildman–Crippen MR) is 153 cm³/mol. The van der Waals surface area contributed by atoms with Crippen molar-refractivity contribution >= 4 is 35.3 Å². The number of hydrogen-bond acceptors (Lipinski definition) is 11. The first-order chi connectivity index (χ1) is 19.9. The number of carbonyl (C=O) groups is 2. The first kappa shape index (κ1) is 29.1. The van der Waals surface area contributed by atoms with E-state index in [0.29, 0.717) is 65.3 Å². The molecule has 1 aromatic heterocycles. The van der Waals surface area contributed by atoms with E-state index in [-0.39, 0.29) is 53.6 Å². The summed E-state index contributed by atoms with van der Waals surface area (Å²) in [6.07, 6.45) is -0.312. The van der Waals surface area contributed by atoms with Gasteiger partial charge in [0.1, 0.15) is 6.61 Å². The third-order valence-electron chi connectivity index (χ3n) is 7.43. The van der Waals surface area contributed by atoms with Gasteiger partial charge in [-0.25, -0.2) is 4.79 Å². The van der Waals surface area contributed by atoms with Crippen LogP contribution in [0.15, 0.2) is 29.1 Å². The van der Waals surface area contributed by atoms with Gasteiger partial charge >= 0.3 is 6.16 Å². The monoisotopic (exact) mass is 584 g/mol. The molecule has 3 aromatic rings. The second-order valence-corrected chi connectivity index (χ2v) is 10.2. The van der Waals surface area contributed by atoms with Crippen molar-refractivity contribution in [2.24, 2.45) is 0 Å². The fourth-order valence-corrected chi connectivity index (χ4v) is 5.53. The zero-order valence-corrected chi connectivity index (χ0v) is 23.6. The Morgan fingerprint density at radius 3 is 2.32 bits per heavy atom. The number of hydrogen-bond donors (Lipinski definition) is 3. The number of benzene rings is 2. The molecule has 0 spiro atoms. The van der Waals surface area contributed by atoms with E-state index in [4.69, 9.17) is 18.9 Å². The lowest BCUT2D eigenvalue weighted by molar-refractivity contribution is 0.0369. The van der Waals surface area contributed by atoms with Crippen molar-refractivity contribution < 1.29 is 38.7 Å². The van der Waals surface area contributed by atoms with Crippen LogP contribution in [0.4, 0.5) is 4.79 Å². The lowest BCUT2D eigenvalue weighted by Gasteiger charge is -2.26. The quantitative estimate of drug-likeness (QED) is 0.145. The highest BCUT2D eigenvalue weighted by atomic mass is 32.1. The fraction of sp³-hybridized carbons (Fsp3) is 0.414. The third-order valence-corrected chi connectivity index (χ3v) is 7.61. The van der Waals surface area contributed by atoms with Gasteiger partial charge in [0.05, 0.1) is 44.8 Å². The van der Waals surface area contributed by atoms with Crippen molar-refractivity contribution in [1.82, 2.24) is 9.47 Å². The van der Waals surface area contributed by atoms with Gasteiger partial charge in [-0.15, -0.1) is 0 Å². The molecule has 5 rings (SSSR count). The molecule has 1 aliphatic heterocycles. The van der Waals surface area contributed by atoms with Gasteiger partial charge in [0, 0.05) is 53.8 Å². The number of fused-ring (bicyclic) bond motifs is 5. The van der Waals surface area contributed by atoms with Gasteiger partial charge in [-0.2, -0.15) is 12.6 Å². The van der Waals surface area contributed by atoms with Crippen LogP contribution >= 0.6 is 12.6 Å². The molecule has 0 amide bonds. The van der Waals surface area contributed by atoms with Gasteiger partial charge < -0.3 is 33.7 Å². The standard InChI is InChI=1S/C29H32N2O9S/c1-37-23-13-20-21(14-24(23)40-29(36)39-9-10-41)27(34)25-19-11-17(15-32)18(16-33)12-22(19)28(35)31(26(20)25)4-2-3-30-5-7-38-8-6-30/h11-14,32-33,41H,2-10,15-16H2,1H3. The minimum Gasteiger partial charge on any atom is -0.493 e. The van der Waals surface area contributed by atoms with Crippen LogP contribution in [-0.4, -0.2) is 83.9 Å². The summed E-state index contributed by atoms with van der Waals surface area (Å²) in [4.78, 5) is 42.4. The number of aliphatic hydroxyl groups is 2. The molecule has 2 heterocycles. The Hall–Kier alpha value is -3.42. The smallest absolute Gasteiger partial charge is 0.493 e. The summed E-state index contributed by atoms with van der Waals surface area (Å²) in [5.41, 5.74) is 1.98. The van der Waals surface area contributed by atoms with E-state index in [2.05, 4.69) is 17.5 Å². The topological polar surface area (TPSA) is 137 Å². The molecule has 0 radical (unpaired) electrons. The maximum absolute atomic E-state index is 14.0. The molecule has 0 saturated carbocycles. The van der Waals surface area contributed by atoms with Gasteiger partial charge in [-0.3, -0.25) is 14.5 Å². The summed E-state index contributed by atoms with van der Waals surface area (Å²) >= 11 is 4.01. The van der Waals surface area contributed by atoms with Gasteiger partial charge in [-0.1, -0.05) is 0 Å². The molecule has 0 unspecified atom stereocenters. The van der Waals surface area contributed by atoms with Crippen LogP contribution in [-0.2, 0) is 29.2 Å². The fourth-order valence-electron chi connectivity index (χ4n) is 5.44. The Bertz CT molecular complexity index is 1550. The highest BCUT2D eigenvalue weighted by molar-refractivity contribution is 7.80. The molecule has 2 N–H and O–H groups in total. The van der Waals surface area contributed by atoms with E-state index in [0.717, 1.165) is 19.6 Å². The highest BCUT2D eigenvalue weighted by Gasteiger charge is 2.35. The molecule has 1 fully saturated rings. The molecule has 2 aliphatic rings. The average molecular weight is 585 g/mol. The zero-order chi connectivity index (χ0) is 29.1. The molecule has 0 bridgehead atoms. The molecule has 12 heteroatoms. The Balaban J connectivity index is 1.65. The number of aromatic nitrogens is 1. The van der Waals surface area contributed by atoms with Crippen LogP contribution in [0, 0.1) is 0 Å². The molecule has 11 nitrogen and oxygen atoms in total. The maximum atomic E-state index is 14.0. The lowest BCUT2D eigenvalue weighted by atomic mass is 9.97. The van der Waals surface area contributed by atoms with E-state index in [1.165, 1.54) is 13.2 Å². The average Bonchev–Trinajstić information content (AvgIpc) is 3.27. The van der Waals surface area contributed by atoms with Gasteiger partial charge in [0.2, 0.25) is 0 Å². The molecule has 2 aromatic carbocycles. The first-order valence-corrected chi connectivity index (χ1v) is 14.0. The number of ketones is 1. The van der Waals surface area contributed by atoms with E-state index in [1.54, 1.807) is 22.8 Å². The number of carbonyl (C=O) groups excluding carboxylic acids is 2. The summed E-state index contributed by atoms with van der Waals surface area (Å²) in [5, 5.41) is 20.5. The van der Waals surface area contributed by atoms with Crippen molar-refractivity contribution in [1.29, 1.82) is 0 Å². The van der Waals surface area contributed by atoms with E-state index in [1.807, 2.05) is 0 Å². The van der Waals surface area contributed by atoms with Crippen LogP contribution in [0.1, 0.15) is 33.5 Å². The Labute approximate surface area is 241 Å². The van der Waals surface area contributed by atoms with Crippen molar-refractivity contribution in [3.63, 3.8) is 0 Å². The summed E-state index contributed by atoms with van der Waals surface area (Å²) in [6, 6.07) is 6.14. The number of aliphatic hydroxyl groups excluding tert-OH is 2. The van der Waals surface area contributed by atoms with Gasteiger partial charge in [-0.05, 0) is 41.8 Å². The van der Waals surface area contributed by atoms with Crippen LogP contribution in [0.5, 0.6) is 11.5 Å². The van der Waals surface area contributed by atoms with E-state index < -0.39 is 6.16 Å². The van der Waals surface area contributed by atoms with Gasteiger partial charge in [0.25, 0.3) is 5.56 Å².